The molecule has 0 spiro atoms. The Morgan fingerprint density at radius 1 is 0.955 bits per heavy atom. The zero-order valence-electron chi connectivity index (χ0n) is 12.9. The molecule has 1 aromatic carbocycles. The molecular weight excluding hydrogens is 278 g/mol. The van der Waals surface area contributed by atoms with E-state index in [1.165, 1.54) is 0 Å². The highest BCUT2D eigenvalue weighted by atomic mass is 16.2. The Kier molecular flexibility index (Phi) is 4.88. The summed E-state index contributed by atoms with van der Waals surface area (Å²) >= 11 is 0. The standard InChI is InChI=1S/C17H19N3O2/c1-11(2)18-16(21)14-9-6-10-15(19-14)17(22)20-13-8-5-4-7-12(13)3/h4-11H,1-3H3,(H,18,21)(H,20,22). The summed E-state index contributed by atoms with van der Waals surface area (Å²) in [4.78, 5) is 28.3. The molecule has 1 heterocycles. The fourth-order valence-electron chi connectivity index (χ4n) is 1.92. The summed E-state index contributed by atoms with van der Waals surface area (Å²) in [5, 5.41) is 5.55. The molecule has 0 atom stereocenters. The van der Waals surface area contributed by atoms with Gasteiger partial charge in [0.2, 0.25) is 0 Å². The van der Waals surface area contributed by atoms with E-state index in [1.807, 2.05) is 45.0 Å². The number of hydrogen-bond donors (Lipinski definition) is 2. The second-order valence-electron chi connectivity index (χ2n) is 5.31. The van der Waals surface area contributed by atoms with E-state index in [9.17, 15) is 9.59 Å². The molecule has 0 saturated carbocycles. The molecule has 2 aromatic rings. The number of amides is 2. The van der Waals surface area contributed by atoms with Crippen LogP contribution in [0.2, 0.25) is 0 Å². The van der Waals surface area contributed by atoms with Gasteiger partial charge in [-0.1, -0.05) is 24.3 Å². The second kappa shape index (κ2) is 6.85. The summed E-state index contributed by atoms with van der Waals surface area (Å²) in [6.07, 6.45) is 0. The van der Waals surface area contributed by atoms with Crippen LogP contribution in [0.15, 0.2) is 42.5 Å². The zero-order valence-corrected chi connectivity index (χ0v) is 12.9. The summed E-state index contributed by atoms with van der Waals surface area (Å²) in [6.45, 7) is 5.65. The first kappa shape index (κ1) is 15.7. The molecule has 2 rings (SSSR count). The Hall–Kier alpha value is -2.69. The Morgan fingerprint density at radius 2 is 1.59 bits per heavy atom. The minimum Gasteiger partial charge on any atom is -0.349 e. The molecule has 1 aromatic heterocycles. The Morgan fingerprint density at radius 3 is 2.23 bits per heavy atom. The van der Waals surface area contributed by atoms with Crippen molar-refractivity contribution in [3.05, 3.63) is 59.4 Å². The van der Waals surface area contributed by atoms with Gasteiger partial charge in [-0.2, -0.15) is 0 Å². The Labute approximate surface area is 129 Å². The highest BCUT2D eigenvalue weighted by Gasteiger charge is 2.13. The predicted molar refractivity (Wildman–Crippen MR) is 86.0 cm³/mol. The molecule has 2 N–H and O–H groups in total. The summed E-state index contributed by atoms with van der Waals surface area (Å²) < 4.78 is 0. The van der Waals surface area contributed by atoms with Gasteiger partial charge in [0.15, 0.2) is 0 Å². The van der Waals surface area contributed by atoms with Gasteiger partial charge in [0.25, 0.3) is 11.8 Å². The maximum atomic E-state index is 12.3. The van der Waals surface area contributed by atoms with Crippen molar-refractivity contribution in [2.45, 2.75) is 26.8 Å². The van der Waals surface area contributed by atoms with Crippen molar-refractivity contribution in [1.82, 2.24) is 10.3 Å². The molecule has 0 radical (unpaired) electrons. The van der Waals surface area contributed by atoms with Crippen molar-refractivity contribution in [1.29, 1.82) is 0 Å². The number of pyridine rings is 1. The number of nitrogens with zero attached hydrogens (tertiary/aromatic N) is 1. The van der Waals surface area contributed by atoms with Gasteiger partial charge in [-0.3, -0.25) is 9.59 Å². The molecule has 0 fully saturated rings. The molecule has 0 aliphatic rings. The second-order valence-corrected chi connectivity index (χ2v) is 5.31. The van der Waals surface area contributed by atoms with E-state index >= 15 is 0 Å². The molecule has 2 amide bonds. The van der Waals surface area contributed by atoms with E-state index in [2.05, 4.69) is 15.6 Å². The van der Waals surface area contributed by atoms with Gasteiger partial charge >= 0.3 is 0 Å². The van der Waals surface area contributed by atoms with Crippen LogP contribution < -0.4 is 10.6 Å². The topological polar surface area (TPSA) is 71.1 Å². The lowest BCUT2D eigenvalue weighted by Gasteiger charge is -2.10. The lowest BCUT2D eigenvalue weighted by molar-refractivity contribution is 0.0938. The number of carbonyl (C=O) groups excluding carboxylic acids is 2. The molecule has 0 bridgehead atoms. The van der Waals surface area contributed by atoms with Crippen molar-refractivity contribution in [2.24, 2.45) is 0 Å². The zero-order chi connectivity index (χ0) is 16.1. The largest absolute Gasteiger partial charge is 0.349 e. The van der Waals surface area contributed by atoms with E-state index in [1.54, 1.807) is 18.2 Å². The van der Waals surface area contributed by atoms with Crippen molar-refractivity contribution in [3.63, 3.8) is 0 Å². The Bertz CT molecular complexity index is 696. The molecule has 114 valence electrons. The van der Waals surface area contributed by atoms with Crippen LogP contribution in [0.1, 0.15) is 40.4 Å². The summed E-state index contributed by atoms with van der Waals surface area (Å²) in [7, 11) is 0. The molecule has 5 heteroatoms. The van der Waals surface area contributed by atoms with Crippen LogP contribution in [0.25, 0.3) is 0 Å². The predicted octanol–water partition coefficient (Wildman–Crippen LogP) is 2.78. The van der Waals surface area contributed by atoms with Gasteiger partial charge in [-0.05, 0) is 44.5 Å². The third-order valence-corrected chi connectivity index (χ3v) is 3.03. The number of para-hydroxylation sites is 1. The van der Waals surface area contributed by atoms with Crippen LogP contribution in [0, 0.1) is 6.92 Å². The van der Waals surface area contributed by atoms with Gasteiger partial charge in [-0.15, -0.1) is 0 Å². The summed E-state index contributed by atoms with van der Waals surface area (Å²) in [5.41, 5.74) is 2.13. The fraction of sp³-hybridized carbons (Fsp3) is 0.235. The van der Waals surface area contributed by atoms with Crippen LogP contribution in [0.5, 0.6) is 0 Å². The number of rotatable bonds is 4. The van der Waals surface area contributed by atoms with Crippen LogP contribution in [0.4, 0.5) is 5.69 Å². The number of hydrogen-bond acceptors (Lipinski definition) is 3. The highest BCUT2D eigenvalue weighted by molar-refractivity contribution is 6.04. The maximum absolute atomic E-state index is 12.3. The first-order valence-electron chi connectivity index (χ1n) is 7.12. The van der Waals surface area contributed by atoms with E-state index in [4.69, 9.17) is 0 Å². The quantitative estimate of drug-likeness (QED) is 0.911. The van der Waals surface area contributed by atoms with Crippen LogP contribution in [-0.4, -0.2) is 22.8 Å². The van der Waals surface area contributed by atoms with E-state index in [0.29, 0.717) is 0 Å². The molecule has 0 saturated heterocycles. The van der Waals surface area contributed by atoms with Crippen molar-refractivity contribution < 1.29 is 9.59 Å². The lowest BCUT2D eigenvalue weighted by atomic mass is 10.2. The first-order valence-corrected chi connectivity index (χ1v) is 7.12. The highest BCUT2D eigenvalue weighted by Crippen LogP contribution is 2.14. The lowest BCUT2D eigenvalue weighted by Crippen LogP contribution is -2.31. The van der Waals surface area contributed by atoms with Gasteiger partial charge < -0.3 is 10.6 Å². The van der Waals surface area contributed by atoms with Crippen molar-refractivity contribution in [2.75, 3.05) is 5.32 Å². The van der Waals surface area contributed by atoms with Crippen LogP contribution in [0.3, 0.4) is 0 Å². The molecule has 5 nitrogen and oxygen atoms in total. The van der Waals surface area contributed by atoms with Gasteiger partial charge in [0.05, 0.1) is 0 Å². The average Bonchev–Trinajstić information content (AvgIpc) is 2.49. The maximum Gasteiger partial charge on any atom is 0.274 e. The number of aryl methyl sites for hydroxylation is 1. The normalized spacial score (nSPS) is 10.4. The van der Waals surface area contributed by atoms with Gasteiger partial charge in [-0.25, -0.2) is 4.98 Å². The fourth-order valence-corrected chi connectivity index (χ4v) is 1.92. The molecule has 22 heavy (non-hydrogen) atoms. The SMILES string of the molecule is Cc1ccccc1NC(=O)c1cccc(C(=O)NC(C)C)n1. The number of nitrogens with one attached hydrogen (secondary N) is 2. The monoisotopic (exact) mass is 297 g/mol. The van der Waals surface area contributed by atoms with Gasteiger partial charge in [0.1, 0.15) is 11.4 Å². The smallest absolute Gasteiger partial charge is 0.274 e. The number of anilines is 1. The number of benzene rings is 1. The van der Waals surface area contributed by atoms with Crippen LogP contribution >= 0.6 is 0 Å². The molecule has 0 aliphatic heterocycles. The first-order chi connectivity index (χ1) is 10.5. The van der Waals surface area contributed by atoms with E-state index < -0.39 is 0 Å². The molecule has 0 unspecified atom stereocenters. The van der Waals surface area contributed by atoms with Crippen LogP contribution in [-0.2, 0) is 0 Å². The Balaban J connectivity index is 2.17. The van der Waals surface area contributed by atoms with E-state index in [-0.39, 0.29) is 29.2 Å². The third-order valence-electron chi connectivity index (χ3n) is 3.03. The molecular formula is C17H19N3O2. The van der Waals surface area contributed by atoms with Crippen molar-refractivity contribution in [3.8, 4) is 0 Å². The number of carbonyl (C=O) groups is 2. The third kappa shape index (κ3) is 3.91. The molecule has 0 aliphatic carbocycles. The van der Waals surface area contributed by atoms with Crippen molar-refractivity contribution >= 4 is 17.5 Å². The number of aromatic nitrogens is 1. The summed E-state index contributed by atoms with van der Waals surface area (Å²) in [5.74, 6) is -0.631. The average molecular weight is 297 g/mol. The minimum atomic E-state index is -0.339. The van der Waals surface area contributed by atoms with E-state index in [0.717, 1.165) is 11.3 Å². The summed E-state index contributed by atoms with van der Waals surface area (Å²) in [6, 6.07) is 12.3. The van der Waals surface area contributed by atoms with Gasteiger partial charge in [0, 0.05) is 11.7 Å². The minimum absolute atomic E-state index is 0.0127.